The number of carbonyl (C=O) groups is 3. The molecule has 25 heavy (non-hydrogen) atoms. The molecule has 0 unspecified atom stereocenters. The van der Waals surface area contributed by atoms with Crippen molar-refractivity contribution in [1.82, 2.24) is 10.6 Å². The molecule has 1 saturated heterocycles. The van der Waals surface area contributed by atoms with Crippen LogP contribution in [0.25, 0.3) is 6.08 Å². The molecule has 3 rings (SSSR count). The zero-order valence-electron chi connectivity index (χ0n) is 12.8. The lowest BCUT2D eigenvalue weighted by atomic mass is 9.97. The zero-order valence-corrected chi connectivity index (χ0v) is 13.6. The van der Waals surface area contributed by atoms with Gasteiger partial charge in [-0.05, 0) is 41.0 Å². The Labute approximate surface area is 147 Å². The molecule has 2 N–H and O–H groups in total. The molecule has 0 radical (unpaired) electrons. The second-order valence-electron chi connectivity index (χ2n) is 5.41. The summed E-state index contributed by atoms with van der Waals surface area (Å²) in [5.41, 5.74) is 1.42. The van der Waals surface area contributed by atoms with E-state index in [1.54, 1.807) is 36.4 Å². The standard InChI is InChI=1S/C18H12ClFN2O3/c19-13-6-5-10(7-11-3-1-2-4-15(11)20)12(8-13)9-14-16(23)21-18(25)22-17(14)24/h1-6,8-9H,7H2,(H2,21,22,23,24,25). The van der Waals surface area contributed by atoms with Gasteiger partial charge in [-0.15, -0.1) is 0 Å². The number of rotatable bonds is 3. The predicted molar refractivity (Wildman–Crippen MR) is 90.3 cm³/mol. The van der Waals surface area contributed by atoms with Crippen LogP contribution in [0.5, 0.6) is 0 Å². The van der Waals surface area contributed by atoms with Gasteiger partial charge in [0.2, 0.25) is 0 Å². The molecule has 0 atom stereocenters. The minimum atomic E-state index is -0.871. The van der Waals surface area contributed by atoms with Gasteiger partial charge in [0.05, 0.1) is 0 Å². The molecule has 1 aliphatic rings. The van der Waals surface area contributed by atoms with Crippen LogP contribution < -0.4 is 10.6 Å². The summed E-state index contributed by atoms with van der Waals surface area (Å²) in [5, 5.41) is 4.40. The summed E-state index contributed by atoms with van der Waals surface area (Å²) in [7, 11) is 0. The molecule has 4 amide bonds. The highest BCUT2D eigenvalue weighted by atomic mass is 35.5. The third-order valence-corrected chi connectivity index (χ3v) is 3.92. The predicted octanol–water partition coefficient (Wildman–Crippen LogP) is 2.82. The highest BCUT2D eigenvalue weighted by Crippen LogP contribution is 2.23. The molecule has 1 heterocycles. The number of nitrogens with one attached hydrogen (secondary N) is 2. The highest BCUT2D eigenvalue weighted by Gasteiger charge is 2.27. The Hall–Kier alpha value is -2.99. The van der Waals surface area contributed by atoms with Crippen LogP contribution in [-0.4, -0.2) is 17.8 Å². The van der Waals surface area contributed by atoms with Crippen molar-refractivity contribution in [3.05, 3.63) is 75.6 Å². The van der Waals surface area contributed by atoms with Crippen molar-refractivity contribution in [3.63, 3.8) is 0 Å². The largest absolute Gasteiger partial charge is 0.328 e. The van der Waals surface area contributed by atoms with Gasteiger partial charge in [0.15, 0.2) is 0 Å². The van der Waals surface area contributed by atoms with E-state index >= 15 is 0 Å². The summed E-state index contributed by atoms with van der Waals surface area (Å²) >= 11 is 6.01. The minimum Gasteiger partial charge on any atom is -0.273 e. The Kier molecular flexibility index (Phi) is 4.63. The van der Waals surface area contributed by atoms with E-state index in [1.165, 1.54) is 12.1 Å². The van der Waals surface area contributed by atoms with Gasteiger partial charge in [-0.25, -0.2) is 9.18 Å². The molecular formula is C18H12ClFN2O3. The van der Waals surface area contributed by atoms with Crippen molar-refractivity contribution in [2.24, 2.45) is 0 Å². The number of barbiturate groups is 1. The Balaban J connectivity index is 2.01. The van der Waals surface area contributed by atoms with Gasteiger partial charge in [-0.3, -0.25) is 20.2 Å². The van der Waals surface area contributed by atoms with Crippen molar-refractivity contribution in [1.29, 1.82) is 0 Å². The fourth-order valence-corrected chi connectivity index (χ4v) is 2.65. The molecule has 0 bridgehead atoms. The molecule has 1 fully saturated rings. The summed E-state index contributed by atoms with van der Waals surface area (Å²) in [5.74, 6) is -1.95. The second kappa shape index (κ2) is 6.86. The number of amides is 4. The first-order valence-corrected chi connectivity index (χ1v) is 7.72. The SMILES string of the molecule is O=C1NC(=O)C(=Cc2cc(Cl)ccc2Cc2ccccc2F)C(=O)N1. The Morgan fingerprint density at radius 2 is 1.64 bits per heavy atom. The van der Waals surface area contributed by atoms with Crippen LogP contribution in [0, 0.1) is 5.82 Å². The van der Waals surface area contributed by atoms with Crippen LogP contribution >= 0.6 is 11.6 Å². The van der Waals surface area contributed by atoms with E-state index < -0.39 is 17.8 Å². The molecule has 1 aliphatic heterocycles. The van der Waals surface area contributed by atoms with Gasteiger partial charge in [-0.2, -0.15) is 0 Å². The summed E-state index contributed by atoms with van der Waals surface area (Å²) < 4.78 is 13.9. The number of benzene rings is 2. The van der Waals surface area contributed by atoms with E-state index in [-0.39, 0.29) is 17.8 Å². The van der Waals surface area contributed by atoms with Crippen LogP contribution in [0.4, 0.5) is 9.18 Å². The van der Waals surface area contributed by atoms with Crippen LogP contribution in [0.2, 0.25) is 5.02 Å². The lowest BCUT2D eigenvalue weighted by Crippen LogP contribution is -2.51. The summed E-state index contributed by atoms with van der Waals surface area (Å²) in [4.78, 5) is 34.9. The number of carbonyl (C=O) groups excluding carboxylic acids is 3. The second-order valence-corrected chi connectivity index (χ2v) is 5.84. The van der Waals surface area contributed by atoms with E-state index in [4.69, 9.17) is 11.6 Å². The number of hydrogen-bond acceptors (Lipinski definition) is 3. The van der Waals surface area contributed by atoms with Gasteiger partial charge in [-0.1, -0.05) is 35.9 Å². The van der Waals surface area contributed by atoms with Gasteiger partial charge in [0, 0.05) is 11.4 Å². The quantitative estimate of drug-likeness (QED) is 0.654. The lowest BCUT2D eigenvalue weighted by Gasteiger charge is -2.15. The van der Waals surface area contributed by atoms with Crippen molar-refractivity contribution < 1.29 is 18.8 Å². The van der Waals surface area contributed by atoms with Gasteiger partial charge in [0.25, 0.3) is 11.8 Å². The number of urea groups is 1. The number of halogens is 2. The third kappa shape index (κ3) is 3.75. The Bertz CT molecular complexity index is 902. The third-order valence-electron chi connectivity index (χ3n) is 3.69. The highest BCUT2D eigenvalue weighted by molar-refractivity contribution is 6.32. The van der Waals surface area contributed by atoms with E-state index in [9.17, 15) is 18.8 Å². The monoisotopic (exact) mass is 358 g/mol. The molecule has 2 aromatic rings. The molecule has 5 nitrogen and oxygen atoms in total. The normalized spacial score (nSPS) is 14.2. The van der Waals surface area contributed by atoms with Crippen molar-refractivity contribution >= 4 is 35.5 Å². The van der Waals surface area contributed by atoms with E-state index in [1.807, 2.05) is 10.6 Å². The number of hydrogen-bond donors (Lipinski definition) is 2. The van der Waals surface area contributed by atoms with Crippen molar-refractivity contribution in [3.8, 4) is 0 Å². The minimum absolute atomic E-state index is 0.225. The summed E-state index contributed by atoms with van der Waals surface area (Å²) in [6.07, 6.45) is 1.59. The maximum Gasteiger partial charge on any atom is 0.328 e. The van der Waals surface area contributed by atoms with E-state index in [0.717, 1.165) is 0 Å². The van der Waals surface area contributed by atoms with Gasteiger partial charge < -0.3 is 0 Å². The van der Waals surface area contributed by atoms with E-state index in [2.05, 4.69) is 0 Å². The van der Waals surface area contributed by atoms with Gasteiger partial charge in [0.1, 0.15) is 11.4 Å². The molecule has 7 heteroatoms. The van der Waals surface area contributed by atoms with Crippen molar-refractivity contribution in [2.45, 2.75) is 6.42 Å². The summed E-state index contributed by atoms with van der Waals surface area (Å²) in [6, 6.07) is 10.4. The lowest BCUT2D eigenvalue weighted by molar-refractivity contribution is -0.123. The van der Waals surface area contributed by atoms with E-state index in [0.29, 0.717) is 21.7 Å². The molecule has 0 saturated carbocycles. The zero-order chi connectivity index (χ0) is 18.0. The Morgan fingerprint density at radius 3 is 2.32 bits per heavy atom. The maximum atomic E-state index is 13.9. The first kappa shape index (κ1) is 16.9. The maximum absolute atomic E-state index is 13.9. The average Bonchev–Trinajstić information content (AvgIpc) is 2.55. The van der Waals surface area contributed by atoms with Crippen LogP contribution in [-0.2, 0) is 16.0 Å². The molecule has 0 spiro atoms. The molecule has 0 aromatic heterocycles. The smallest absolute Gasteiger partial charge is 0.273 e. The fourth-order valence-electron chi connectivity index (χ4n) is 2.47. The average molecular weight is 359 g/mol. The van der Waals surface area contributed by atoms with Crippen LogP contribution in [0.3, 0.4) is 0 Å². The topological polar surface area (TPSA) is 75.3 Å². The Morgan fingerprint density at radius 1 is 0.960 bits per heavy atom. The van der Waals surface area contributed by atoms with Crippen molar-refractivity contribution in [2.75, 3.05) is 0 Å². The molecular weight excluding hydrogens is 347 g/mol. The van der Waals surface area contributed by atoms with Crippen LogP contribution in [0.1, 0.15) is 16.7 Å². The molecule has 2 aromatic carbocycles. The fraction of sp³-hybridized carbons (Fsp3) is 0.0556. The molecule has 126 valence electrons. The van der Waals surface area contributed by atoms with Gasteiger partial charge >= 0.3 is 6.03 Å². The van der Waals surface area contributed by atoms with Crippen LogP contribution in [0.15, 0.2) is 48.0 Å². The summed E-state index contributed by atoms with van der Waals surface area (Å²) in [6.45, 7) is 0. The first-order valence-electron chi connectivity index (χ1n) is 7.34. The first-order chi connectivity index (χ1) is 11.9. The number of imide groups is 2. The molecule has 0 aliphatic carbocycles.